The minimum Gasteiger partial charge on any atom is -0.466 e. The van der Waals surface area contributed by atoms with Crippen molar-refractivity contribution < 1.29 is 24.5 Å². The van der Waals surface area contributed by atoms with Gasteiger partial charge in [-0.1, -0.05) is 242 Å². The minimum absolute atomic E-state index is 0.0183. The van der Waals surface area contributed by atoms with Crippen LogP contribution in [0.5, 0.6) is 0 Å². The van der Waals surface area contributed by atoms with Crippen LogP contribution in [0, 0.1) is 0 Å². The third-order valence-corrected chi connectivity index (χ3v) is 13.1. The Labute approximate surface area is 410 Å². The van der Waals surface area contributed by atoms with Crippen molar-refractivity contribution in [2.24, 2.45) is 0 Å². The number of aliphatic hydroxyl groups is 2. The van der Waals surface area contributed by atoms with Crippen LogP contribution in [-0.4, -0.2) is 47.4 Å². The summed E-state index contributed by atoms with van der Waals surface area (Å²) in [5.41, 5.74) is 0. The van der Waals surface area contributed by atoms with Crippen molar-refractivity contribution in [1.29, 1.82) is 0 Å². The Morgan fingerprint density at radius 1 is 0.424 bits per heavy atom. The van der Waals surface area contributed by atoms with Gasteiger partial charge in [0.2, 0.25) is 5.91 Å². The smallest absolute Gasteiger partial charge is 0.305 e. The normalized spacial score (nSPS) is 13.0. The van der Waals surface area contributed by atoms with Gasteiger partial charge in [-0.15, -0.1) is 0 Å². The van der Waals surface area contributed by atoms with Gasteiger partial charge in [-0.2, -0.15) is 0 Å². The van der Waals surface area contributed by atoms with Gasteiger partial charge in [-0.3, -0.25) is 9.59 Å². The maximum absolute atomic E-state index is 12.5. The topological polar surface area (TPSA) is 95.9 Å². The number of allylic oxidation sites excluding steroid dienone is 7. The number of hydrogen-bond acceptors (Lipinski definition) is 5. The van der Waals surface area contributed by atoms with Crippen molar-refractivity contribution in [1.82, 2.24) is 5.32 Å². The van der Waals surface area contributed by atoms with Crippen LogP contribution >= 0.6 is 0 Å². The molecule has 0 fully saturated rings. The van der Waals surface area contributed by atoms with Crippen LogP contribution in [0.25, 0.3) is 0 Å². The number of ether oxygens (including phenoxy) is 1. The summed E-state index contributed by atoms with van der Waals surface area (Å²) in [6.07, 6.45) is 69.8. The second-order valence-corrected chi connectivity index (χ2v) is 19.6. The highest BCUT2D eigenvalue weighted by Crippen LogP contribution is 2.16. The van der Waals surface area contributed by atoms with E-state index < -0.39 is 12.1 Å². The maximum atomic E-state index is 12.5. The third kappa shape index (κ3) is 51.2. The molecule has 0 aromatic rings. The lowest BCUT2D eigenvalue weighted by Crippen LogP contribution is -2.45. The van der Waals surface area contributed by atoms with Gasteiger partial charge in [-0.05, 0) is 89.9 Å². The molecule has 0 radical (unpaired) electrons. The molecule has 0 saturated heterocycles. The van der Waals surface area contributed by atoms with E-state index in [9.17, 15) is 19.8 Å². The van der Waals surface area contributed by atoms with Gasteiger partial charge in [0.1, 0.15) is 0 Å². The molecule has 0 heterocycles. The van der Waals surface area contributed by atoms with E-state index in [-0.39, 0.29) is 18.5 Å². The number of nitrogens with one attached hydrogen (secondary N) is 1. The monoisotopic (exact) mass is 926 g/mol. The average molecular weight is 927 g/mol. The molecule has 0 aromatic heterocycles. The van der Waals surface area contributed by atoms with Gasteiger partial charge in [0, 0.05) is 12.8 Å². The van der Waals surface area contributed by atoms with Crippen LogP contribution in [0.1, 0.15) is 296 Å². The van der Waals surface area contributed by atoms with Crippen LogP contribution < -0.4 is 5.32 Å². The van der Waals surface area contributed by atoms with Gasteiger partial charge >= 0.3 is 5.97 Å². The van der Waals surface area contributed by atoms with E-state index in [1.54, 1.807) is 6.08 Å². The molecule has 0 bridgehead atoms. The Bertz CT molecular complexity index is 1110. The number of carbonyl (C=O) groups excluding carboxylic acids is 2. The Morgan fingerprint density at radius 2 is 0.758 bits per heavy atom. The van der Waals surface area contributed by atoms with Crippen molar-refractivity contribution in [3.8, 4) is 0 Å². The summed E-state index contributed by atoms with van der Waals surface area (Å²) in [6, 6.07) is -0.642. The number of aliphatic hydroxyl groups excluding tert-OH is 2. The molecule has 1 amide bonds. The van der Waals surface area contributed by atoms with E-state index in [1.165, 1.54) is 199 Å². The fraction of sp³-hybridized carbons (Fsp3) is 0.833. The van der Waals surface area contributed by atoms with Crippen molar-refractivity contribution >= 4 is 11.9 Å². The van der Waals surface area contributed by atoms with E-state index in [4.69, 9.17) is 4.74 Å². The van der Waals surface area contributed by atoms with Crippen LogP contribution in [0.15, 0.2) is 48.6 Å². The molecule has 66 heavy (non-hydrogen) atoms. The molecule has 2 unspecified atom stereocenters. The van der Waals surface area contributed by atoms with Crippen molar-refractivity contribution in [3.63, 3.8) is 0 Å². The van der Waals surface area contributed by atoms with E-state index in [2.05, 4.69) is 55.6 Å². The molecular formula is C60H111NO5. The number of amides is 1. The largest absolute Gasteiger partial charge is 0.466 e. The number of carbonyl (C=O) groups is 2. The fourth-order valence-corrected chi connectivity index (χ4v) is 8.60. The second-order valence-electron chi connectivity index (χ2n) is 19.6. The predicted molar refractivity (Wildman–Crippen MR) is 287 cm³/mol. The maximum Gasteiger partial charge on any atom is 0.305 e. The number of rotatable bonds is 53. The lowest BCUT2D eigenvalue weighted by Gasteiger charge is -2.20. The summed E-state index contributed by atoms with van der Waals surface area (Å²) in [4.78, 5) is 24.5. The highest BCUT2D eigenvalue weighted by atomic mass is 16.5. The zero-order valence-electron chi connectivity index (χ0n) is 43.9. The Balaban J connectivity index is 3.52. The van der Waals surface area contributed by atoms with E-state index in [1.807, 2.05) is 6.08 Å². The summed E-state index contributed by atoms with van der Waals surface area (Å²) in [6.45, 7) is 4.85. The summed E-state index contributed by atoms with van der Waals surface area (Å²) < 4.78 is 5.46. The van der Waals surface area contributed by atoms with Crippen LogP contribution in [0.2, 0.25) is 0 Å². The fourth-order valence-electron chi connectivity index (χ4n) is 8.60. The quantitative estimate of drug-likeness (QED) is 0.0321. The molecule has 0 rings (SSSR count). The average Bonchev–Trinajstić information content (AvgIpc) is 3.32. The Hall–Kier alpha value is -2.18. The molecular weight excluding hydrogens is 815 g/mol. The Kier molecular flexibility index (Phi) is 53.6. The lowest BCUT2D eigenvalue weighted by molar-refractivity contribution is -0.143. The first-order valence-electron chi connectivity index (χ1n) is 28.9. The van der Waals surface area contributed by atoms with Gasteiger partial charge in [-0.25, -0.2) is 0 Å². The van der Waals surface area contributed by atoms with Crippen LogP contribution in [-0.2, 0) is 14.3 Å². The standard InChI is InChI=1S/C60H111NO5/c1-3-5-7-9-11-13-15-17-19-20-21-25-28-32-36-40-44-48-52-58(63)57(56-62)61-59(64)53-49-45-41-37-33-29-26-22-23-27-31-35-39-43-47-51-55-66-60(65)54-50-46-42-38-34-30-24-18-16-14-12-10-8-6-4-2/h12,14,18,22,24,26,48,52,57-58,62-63H,3-11,13,15-17,19-21,23,25,27-47,49-51,53-56H2,1-2H3,(H,61,64)/b14-12-,24-18-,26-22-,52-48+. The number of esters is 1. The van der Waals surface area contributed by atoms with E-state index in [0.717, 1.165) is 70.6 Å². The highest BCUT2D eigenvalue weighted by Gasteiger charge is 2.18. The molecule has 0 aliphatic carbocycles. The summed E-state index contributed by atoms with van der Waals surface area (Å²) in [5.74, 6) is -0.103. The summed E-state index contributed by atoms with van der Waals surface area (Å²) >= 11 is 0. The van der Waals surface area contributed by atoms with Crippen molar-refractivity contribution in [3.05, 3.63) is 48.6 Å². The first kappa shape index (κ1) is 63.8. The molecule has 2 atom stereocenters. The zero-order valence-corrected chi connectivity index (χ0v) is 43.9. The number of unbranched alkanes of at least 4 members (excludes halogenated alkanes) is 36. The van der Waals surface area contributed by atoms with E-state index >= 15 is 0 Å². The second kappa shape index (κ2) is 55.4. The van der Waals surface area contributed by atoms with Gasteiger partial charge in [0.25, 0.3) is 0 Å². The summed E-state index contributed by atoms with van der Waals surface area (Å²) in [5, 5.41) is 23.1. The van der Waals surface area contributed by atoms with Crippen LogP contribution in [0.4, 0.5) is 0 Å². The summed E-state index contributed by atoms with van der Waals surface area (Å²) in [7, 11) is 0. The van der Waals surface area contributed by atoms with Crippen LogP contribution in [0.3, 0.4) is 0 Å². The first-order chi connectivity index (χ1) is 32.5. The molecule has 6 heteroatoms. The SMILES string of the molecule is CCCCC/C=C\C/C=C\CCCCCCCC(=O)OCCCCCCCCC/C=C\CCCCCCCC(=O)NC(CO)C(O)/C=C/CCCCCCCCCCCCCCCCCC. The molecule has 0 spiro atoms. The first-order valence-corrected chi connectivity index (χ1v) is 28.9. The highest BCUT2D eigenvalue weighted by molar-refractivity contribution is 5.76. The van der Waals surface area contributed by atoms with Gasteiger partial charge in [0.15, 0.2) is 0 Å². The molecule has 0 aliphatic heterocycles. The molecule has 3 N–H and O–H groups in total. The van der Waals surface area contributed by atoms with Crippen molar-refractivity contribution in [2.75, 3.05) is 13.2 Å². The van der Waals surface area contributed by atoms with E-state index in [0.29, 0.717) is 19.4 Å². The molecule has 6 nitrogen and oxygen atoms in total. The molecule has 0 aliphatic rings. The predicted octanol–water partition coefficient (Wildman–Crippen LogP) is 17.8. The molecule has 386 valence electrons. The number of hydrogen-bond donors (Lipinski definition) is 3. The zero-order chi connectivity index (χ0) is 47.9. The third-order valence-electron chi connectivity index (χ3n) is 13.1. The van der Waals surface area contributed by atoms with Gasteiger partial charge < -0.3 is 20.3 Å². The molecule has 0 aromatic carbocycles. The Morgan fingerprint density at radius 3 is 1.20 bits per heavy atom. The molecule has 0 saturated carbocycles. The van der Waals surface area contributed by atoms with Crippen molar-refractivity contribution in [2.45, 2.75) is 309 Å². The van der Waals surface area contributed by atoms with Gasteiger partial charge in [0.05, 0.1) is 25.4 Å². The minimum atomic E-state index is -0.857. The lowest BCUT2D eigenvalue weighted by atomic mass is 10.0.